The number of alkyl halides is 2. The van der Waals surface area contributed by atoms with E-state index in [4.69, 9.17) is 9.47 Å². The first-order chi connectivity index (χ1) is 16.4. The minimum absolute atomic E-state index is 0.104. The summed E-state index contributed by atoms with van der Waals surface area (Å²) in [7, 11) is 3.00. The van der Waals surface area contributed by atoms with Crippen molar-refractivity contribution in [1.82, 2.24) is 0 Å². The molecule has 3 N–H and O–H groups in total. The van der Waals surface area contributed by atoms with Crippen LogP contribution in [0, 0.1) is 0 Å². The number of nitrogens with one attached hydrogen (secondary N) is 3. The molecule has 0 spiro atoms. The number of hydrogen-bond acceptors (Lipinski definition) is 6. The molecule has 0 heterocycles. The molecule has 34 heavy (non-hydrogen) atoms. The van der Waals surface area contributed by atoms with Gasteiger partial charge in [0, 0.05) is 11.8 Å². The van der Waals surface area contributed by atoms with Crippen molar-refractivity contribution in [3.8, 4) is 17.2 Å². The lowest BCUT2D eigenvalue weighted by Crippen LogP contribution is -2.24. The molecule has 2 amide bonds. The summed E-state index contributed by atoms with van der Waals surface area (Å²) in [6, 6.07) is 17.5. The van der Waals surface area contributed by atoms with Crippen molar-refractivity contribution in [2.75, 3.05) is 36.7 Å². The Labute approximate surface area is 194 Å². The molecule has 178 valence electrons. The van der Waals surface area contributed by atoms with Gasteiger partial charge in [-0.2, -0.15) is 8.78 Å². The molecule has 0 aliphatic rings. The highest BCUT2D eigenvalue weighted by Crippen LogP contribution is 2.30. The SMILES string of the molecule is COc1ccc(NC(=O)c2ccccc2NCC(=O)Nc2ccccc2OC(F)F)c(OC)c1. The van der Waals surface area contributed by atoms with Crippen LogP contribution in [0.15, 0.2) is 66.7 Å². The average Bonchev–Trinajstić information content (AvgIpc) is 2.84. The summed E-state index contributed by atoms with van der Waals surface area (Å²) in [5, 5.41) is 8.18. The van der Waals surface area contributed by atoms with E-state index in [9.17, 15) is 18.4 Å². The van der Waals surface area contributed by atoms with E-state index < -0.39 is 18.4 Å². The number of anilines is 3. The van der Waals surface area contributed by atoms with Crippen LogP contribution in [0.5, 0.6) is 17.2 Å². The standard InChI is InChI=1S/C24H23F2N3O5/c1-32-15-11-12-19(21(13-15)33-2)29-23(31)16-7-3-4-8-17(16)27-14-22(30)28-18-9-5-6-10-20(18)34-24(25)26/h3-13,24,27H,14H2,1-2H3,(H,28,30)(H,29,31). The maximum absolute atomic E-state index is 12.9. The normalized spacial score (nSPS) is 10.4. The monoisotopic (exact) mass is 471 g/mol. The van der Waals surface area contributed by atoms with Crippen molar-refractivity contribution in [2.24, 2.45) is 0 Å². The molecule has 0 aliphatic heterocycles. The molecule has 0 radical (unpaired) electrons. The van der Waals surface area contributed by atoms with E-state index in [0.717, 1.165) is 0 Å². The third kappa shape index (κ3) is 6.35. The Hall–Kier alpha value is -4.34. The third-order valence-electron chi connectivity index (χ3n) is 4.65. The molecule has 3 aromatic rings. The van der Waals surface area contributed by atoms with Crippen molar-refractivity contribution in [3.05, 3.63) is 72.3 Å². The van der Waals surface area contributed by atoms with Crippen molar-refractivity contribution < 1.29 is 32.6 Å². The lowest BCUT2D eigenvalue weighted by Gasteiger charge is -2.15. The summed E-state index contributed by atoms with van der Waals surface area (Å²) >= 11 is 0. The van der Waals surface area contributed by atoms with Crippen molar-refractivity contribution in [3.63, 3.8) is 0 Å². The Morgan fingerprint density at radius 3 is 2.21 bits per heavy atom. The van der Waals surface area contributed by atoms with Crippen LogP contribution in [-0.4, -0.2) is 39.2 Å². The van der Waals surface area contributed by atoms with Crippen molar-refractivity contribution in [2.45, 2.75) is 6.61 Å². The predicted molar refractivity (Wildman–Crippen MR) is 124 cm³/mol. The largest absolute Gasteiger partial charge is 0.497 e. The van der Waals surface area contributed by atoms with Gasteiger partial charge in [0.15, 0.2) is 0 Å². The Bertz CT molecular complexity index is 1160. The molecule has 0 aliphatic carbocycles. The number of carbonyl (C=O) groups excluding carboxylic acids is 2. The van der Waals surface area contributed by atoms with Gasteiger partial charge in [-0.15, -0.1) is 0 Å². The molecule has 8 nitrogen and oxygen atoms in total. The van der Waals surface area contributed by atoms with Crippen LogP contribution in [0.1, 0.15) is 10.4 Å². The van der Waals surface area contributed by atoms with Gasteiger partial charge in [0.1, 0.15) is 17.2 Å². The number of para-hydroxylation sites is 3. The molecular formula is C24H23F2N3O5. The van der Waals surface area contributed by atoms with Gasteiger partial charge >= 0.3 is 6.61 Å². The van der Waals surface area contributed by atoms with Gasteiger partial charge in [-0.3, -0.25) is 9.59 Å². The number of rotatable bonds is 10. The summed E-state index contributed by atoms with van der Waals surface area (Å²) < 4.78 is 40.0. The van der Waals surface area contributed by atoms with Crippen LogP contribution in [0.2, 0.25) is 0 Å². The number of benzene rings is 3. The molecule has 10 heteroatoms. The Morgan fingerprint density at radius 2 is 1.50 bits per heavy atom. The molecule has 0 aromatic heterocycles. The highest BCUT2D eigenvalue weighted by atomic mass is 19.3. The molecule has 0 fully saturated rings. The topological polar surface area (TPSA) is 97.9 Å². The molecular weight excluding hydrogens is 448 g/mol. The molecule has 0 atom stereocenters. The summed E-state index contributed by atoms with van der Waals surface area (Å²) in [6.07, 6.45) is 0. The Morgan fingerprint density at radius 1 is 0.824 bits per heavy atom. The van der Waals surface area contributed by atoms with Crippen molar-refractivity contribution in [1.29, 1.82) is 0 Å². The van der Waals surface area contributed by atoms with E-state index in [0.29, 0.717) is 22.9 Å². The lowest BCUT2D eigenvalue weighted by atomic mass is 10.1. The second-order valence-electron chi connectivity index (χ2n) is 6.84. The molecule has 0 saturated carbocycles. The molecule has 3 aromatic carbocycles. The number of methoxy groups -OCH3 is 2. The predicted octanol–water partition coefficient (Wildman–Crippen LogP) is 4.61. The van der Waals surface area contributed by atoms with Gasteiger partial charge in [-0.25, -0.2) is 0 Å². The fourth-order valence-corrected chi connectivity index (χ4v) is 3.07. The Kier molecular flexibility index (Phi) is 8.22. The van der Waals surface area contributed by atoms with E-state index in [1.54, 1.807) is 48.5 Å². The Balaban J connectivity index is 1.68. The minimum atomic E-state index is -3.02. The summed E-state index contributed by atoms with van der Waals surface area (Å²) in [6.45, 7) is -3.25. The van der Waals surface area contributed by atoms with Crippen LogP contribution >= 0.6 is 0 Å². The first-order valence-corrected chi connectivity index (χ1v) is 10.1. The number of carbonyl (C=O) groups is 2. The van der Waals surface area contributed by atoms with Gasteiger partial charge in [0.2, 0.25) is 5.91 Å². The maximum atomic E-state index is 12.9. The second-order valence-corrected chi connectivity index (χ2v) is 6.84. The van der Waals surface area contributed by atoms with Gasteiger partial charge < -0.3 is 30.2 Å². The zero-order valence-corrected chi connectivity index (χ0v) is 18.4. The van der Waals surface area contributed by atoms with Crippen LogP contribution in [0.4, 0.5) is 25.8 Å². The molecule has 0 bridgehead atoms. The first kappa shape index (κ1) is 24.3. The quantitative estimate of drug-likeness (QED) is 0.400. The zero-order chi connectivity index (χ0) is 24.5. The summed E-state index contributed by atoms with van der Waals surface area (Å²) in [4.78, 5) is 25.3. The van der Waals surface area contributed by atoms with Crippen LogP contribution < -0.4 is 30.2 Å². The zero-order valence-electron chi connectivity index (χ0n) is 18.4. The van der Waals surface area contributed by atoms with Gasteiger partial charge in [-0.1, -0.05) is 24.3 Å². The minimum Gasteiger partial charge on any atom is -0.497 e. The molecule has 0 unspecified atom stereocenters. The third-order valence-corrected chi connectivity index (χ3v) is 4.65. The van der Waals surface area contributed by atoms with Crippen LogP contribution in [-0.2, 0) is 4.79 Å². The summed E-state index contributed by atoms with van der Waals surface area (Å²) in [5.74, 6) is -0.107. The lowest BCUT2D eigenvalue weighted by molar-refractivity contribution is -0.114. The van der Waals surface area contributed by atoms with Crippen LogP contribution in [0.25, 0.3) is 0 Å². The number of halogens is 2. The van der Waals surface area contributed by atoms with E-state index in [-0.39, 0.29) is 23.5 Å². The fourth-order valence-electron chi connectivity index (χ4n) is 3.07. The van der Waals surface area contributed by atoms with E-state index in [1.807, 2.05) is 0 Å². The van der Waals surface area contributed by atoms with E-state index in [2.05, 4.69) is 20.7 Å². The van der Waals surface area contributed by atoms with Gasteiger partial charge in [0.05, 0.1) is 37.7 Å². The highest BCUT2D eigenvalue weighted by Gasteiger charge is 2.16. The smallest absolute Gasteiger partial charge is 0.387 e. The van der Waals surface area contributed by atoms with Crippen molar-refractivity contribution >= 4 is 28.9 Å². The number of ether oxygens (including phenoxy) is 3. The average molecular weight is 471 g/mol. The van der Waals surface area contributed by atoms with Gasteiger partial charge in [0.25, 0.3) is 5.91 Å². The van der Waals surface area contributed by atoms with E-state index >= 15 is 0 Å². The fraction of sp³-hybridized carbons (Fsp3) is 0.167. The number of hydrogen-bond donors (Lipinski definition) is 3. The van der Waals surface area contributed by atoms with Crippen LogP contribution in [0.3, 0.4) is 0 Å². The first-order valence-electron chi connectivity index (χ1n) is 10.1. The summed E-state index contributed by atoms with van der Waals surface area (Å²) in [5.41, 5.74) is 1.23. The van der Waals surface area contributed by atoms with Gasteiger partial charge in [-0.05, 0) is 36.4 Å². The highest BCUT2D eigenvalue weighted by molar-refractivity contribution is 6.09. The molecule has 3 rings (SSSR count). The maximum Gasteiger partial charge on any atom is 0.387 e. The second kappa shape index (κ2) is 11.5. The molecule has 0 saturated heterocycles. The van der Waals surface area contributed by atoms with E-state index in [1.165, 1.54) is 32.4 Å². The number of amides is 2.